The maximum absolute atomic E-state index is 13.4. The Labute approximate surface area is 305 Å². The molecule has 0 bridgehead atoms. The van der Waals surface area contributed by atoms with E-state index in [0.29, 0.717) is 39.0 Å². The number of para-hydroxylation sites is 2. The van der Waals surface area contributed by atoms with Gasteiger partial charge in [-0.2, -0.15) is 10.2 Å². The average Bonchev–Trinajstić information content (AvgIpc) is 3.71. The molecule has 5 heterocycles. The molecular weight excluding hydrogens is 678 g/mol. The first-order valence-corrected chi connectivity index (χ1v) is 17.4. The van der Waals surface area contributed by atoms with Gasteiger partial charge in [0, 0.05) is 13.1 Å². The number of piperidine rings is 1. The number of amides is 1. The van der Waals surface area contributed by atoms with Gasteiger partial charge in [0.2, 0.25) is 0 Å². The van der Waals surface area contributed by atoms with Crippen molar-refractivity contribution in [2.75, 3.05) is 26.3 Å². The molecule has 1 aliphatic rings. The zero-order valence-electron chi connectivity index (χ0n) is 29.9. The summed E-state index contributed by atoms with van der Waals surface area (Å²) in [7, 11) is 0. The van der Waals surface area contributed by atoms with Crippen molar-refractivity contribution in [3.8, 4) is 11.4 Å². The average molecular weight is 718 g/mol. The number of fused-ring (bicyclic) bond motifs is 2. The van der Waals surface area contributed by atoms with Crippen LogP contribution < -0.4 is 0 Å². The third-order valence-corrected chi connectivity index (χ3v) is 8.70. The van der Waals surface area contributed by atoms with Crippen LogP contribution in [0.2, 0.25) is 0 Å². The molecule has 0 atom stereocenters. The third kappa shape index (κ3) is 7.47. The van der Waals surface area contributed by atoms with Crippen molar-refractivity contribution in [2.24, 2.45) is 0 Å². The molecule has 0 unspecified atom stereocenters. The van der Waals surface area contributed by atoms with Crippen molar-refractivity contribution in [3.63, 3.8) is 0 Å². The Kier molecular flexibility index (Phi) is 10.9. The number of benzene rings is 2. The zero-order chi connectivity index (χ0) is 37.6. The Morgan fingerprint density at radius 1 is 0.660 bits per heavy atom. The fourth-order valence-electron chi connectivity index (χ4n) is 6.30. The maximum Gasteiger partial charge on any atom is 0.357 e. The van der Waals surface area contributed by atoms with Gasteiger partial charge in [-0.1, -0.05) is 36.4 Å². The van der Waals surface area contributed by atoms with Gasteiger partial charge in [0.25, 0.3) is 5.91 Å². The summed E-state index contributed by atoms with van der Waals surface area (Å²) < 4.78 is 13.3. The maximum atomic E-state index is 13.4. The molecule has 53 heavy (non-hydrogen) atoms. The summed E-state index contributed by atoms with van der Waals surface area (Å²) in [5.74, 6) is -2.44. The Morgan fingerprint density at radius 2 is 1.09 bits per heavy atom. The van der Waals surface area contributed by atoms with E-state index in [1.54, 1.807) is 31.5 Å². The molecule has 1 aliphatic heterocycles. The van der Waals surface area contributed by atoms with E-state index in [0.717, 1.165) is 43.7 Å². The van der Waals surface area contributed by atoms with Crippen LogP contribution >= 0.6 is 0 Å². The Morgan fingerprint density at radius 3 is 1.53 bits per heavy atom. The monoisotopic (exact) mass is 717 g/mol. The number of rotatable bonds is 8. The van der Waals surface area contributed by atoms with E-state index in [2.05, 4.69) is 20.2 Å². The lowest BCUT2D eigenvalue weighted by atomic mass is 10.1. The highest BCUT2D eigenvalue weighted by Gasteiger charge is 2.27. The van der Waals surface area contributed by atoms with E-state index in [9.17, 15) is 24.3 Å². The van der Waals surface area contributed by atoms with E-state index in [1.165, 1.54) is 10.7 Å². The number of carbonyl (C=O) groups excluding carboxylic acids is 3. The van der Waals surface area contributed by atoms with Gasteiger partial charge in [0.05, 0.1) is 57.9 Å². The van der Waals surface area contributed by atoms with Gasteiger partial charge in [-0.25, -0.2) is 33.7 Å². The molecule has 1 saturated heterocycles. The number of hydrogen-bond donors (Lipinski definition) is 1. The molecule has 1 fully saturated rings. The van der Waals surface area contributed by atoms with E-state index < -0.39 is 17.9 Å². The standard InChI is InChI=1S/C22H24N4O3.C17H15N3O4/c1-3-29-22(28)18-14-17(21(27)25-12-8-5-9-13-25)19-15(2)24-26(20(19)23-18)16-10-6-4-7-11-16;1-3-24-17(23)13-9-12(16(21)22)14-10(2)19-20(15(14)18-13)11-7-5-4-6-8-11/h4,6-7,10-11,14H,3,5,8-9,12-13H2,1-2H3;4-9H,3H2,1-2H3,(H,21,22). The zero-order valence-corrected chi connectivity index (χ0v) is 29.9. The van der Waals surface area contributed by atoms with Gasteiger partial charge in [0.15, 0.2) is 22.7 Å². The van der Waals surface area contributed by atoms with Gasteiger partial charge < -0.3 is 19.5 Å². The van der Waals surface area contributed by atoms with Gasteiger partial charge in [-0.15, -0.1) is 0 Å². The van der Waals surface area contributed by atoms with Gasteiger partial charge in [-0.05, 0) is 83.4 Å². The molecule has 1 N–H and O–H groups in total. The normalized spacial score (nSPS) is 12.6. The molecular formula is C39H39N7O7. The second kappa shape index (κ2) is 15.8. The fraction of sp³-hybridized carbons (Fsp3) is 0.282. The first-order chi connectivity index (χ1) is 25.6. The van der Waals surface area contributed by atoms with Crippen molar-refractivity contribution >= 4 is 45.9 Å². The number of ether oxygens (including phenoxy) is 2. The lowest BCUT2D eigenvalue weighted by Gasteiger charge is -2.27. The van der Waals surface area contributed by atoms with Gasteiger partial charge in [-0.3, -0.25) is 4.79 Å². The second-order valence-electron chi connectivity index (χ2n) is 12.3. The quantitative estimate of drug-likeness (QED) is 0.179. The van der Waals surface area contributed by atoms with Crippen molar-refractivity contribution < 1.29 is 33.8 Å². The summed E-state index contributed by atoms with van der Waals surface area (Å²) in [6.07, 6.45) is 3.12. The topological polar surface area (TPSA) is 172 Å². The van der Waals surface area contributed by atoms with E-state index in [4.69, 9.17) is 9.47 Å². The number of aromatic carboxylic acids is 1. The number of carboxylic acid groups (broad SMARTS) is 1. The first kappa shape index (κ1) is 36.4. The highest BCUT2D eigenvalue weighted by molar-refractivity contribution is 6.09. The van der Waals surface area contributed by atoms with Crippen LogP contribution in [0.4, 0.5) is 0 Å². The second-order valence-corrected chi connectivity index (χ2v) is 12.3. The van der Waals surface area contributed by atoms with E-state index in [1.807, 2.05) is 72.5 Å². The number of esters is 2. The molecule has 14 nitrogen and oxygen atoms in total. The molecule has 1 amide bonds. The summed E-state index contributed by atoms with van der Waals surface area (Å²) >= 11 is 0. The minimum absolute atomic E-state index is 0.0252. The van der Waals surface area contributed by atoms with Crippen molar-refractivity contribution in [2.45, 2.75) is 47.0 Å². The van der Waals surface area contributed by atoms with Crippen LogP contribution in [0, 0.1) is 13.8 Å². The smallest absolute Gasteiger partial charge is 0.357 e. The molecule has 0 aliphatic carbocycles. The summed E-state index contributed by atoms with van der Waals surface area (Å²) in [6, 6.07) is 21.5. The Balaban J connectivity index is 0.000000185. The van der Waals surface area contributed by atoms with Gasteiger partial charge in [0.1, 0.15) is 0 Å². The van der Waals surface area contributed by atoms with Crippen molar-refractivity contribution in [3.05, 3.63) is 107 Å². The molecule has 0 saturated carbocycles. The third-order valence-electron chi connectivity index (χ3n) is 8.70. The Hall–Kier alpha value is -6.44. The van der Waals surface area contributed by atoms with Crippen LogP contribution in [-0.4, -0.2) is 89.7 Å². The number of carbonyl (C=O) groups is 4. The molecule has 14 heteroatoms. The minimum Gasteiger partial charge on any atom is -0.478 e. The number of pyridine rings is 2. The van der Waals surface area contributed by atoms with Gasteiger partial charge >= 0.3 is 17.9 Å². The van der Waals surface area contributed by atoms with E-state index >= 15 is 0 Å². The van der Waals surface area contributed by atoms with Crippen LogP contribution in [0.15, 0.2) is 72.8 Å². The summed E-state index contributed by atoms with van der Waals surface area (Å²) in [4.78, 5) is 60.1. The summed E-state index contributed by atoms with van der Waals surface area (Å²) in [5, 5.41) is 19.6. The number of aryl methyl sites for hydroxylation is 2. The van der Waals surface area contributed by atoms with Crippen LogP contribution in [0.5, 0.6) is 0 Å². The van der Waals surface area contributed by atoms with Crippen LogP contribution in [0.25, 0.3) is 33.4 Å². The molecule has 0 spiro atoms. The number of carboxylic acids is 1. The molecule has 0 radical (unpaired) electrons. The number of nitrogens with zero attached hydrogens (tertiary/aromatic N) is 7. The van der Waals surface area contributed by atoms with Crippen LogP contribution in [0.3, 0.4) is 0 Å². The molecule has 6 aromatic rings. The molecule has 272 valence electrons. The minimum atomic E-state index is -1.15. The number of hydrogen-bond acceptors (Lipinski definition) is 10. The van der Waals surface area contributed by atoms with Crippen molar-refractivity contribution in [1.82, 2.24) is 34.4 Å². The predicted octanol–water partition coefficient (Wildman–Crippen LogP) is 6.14. The SMILES string of the molecule is CCOC(=O)c1cc(C(=O)N2CCCCC2)c2c(C)nn(-c3ccccc3)c2n1.CCOC(=O)c1cc(C(=O)O)c2c(C)nn(-c3ccccc3)c2n1. The van der Waals surface area contributed by atoms with Crippen molar-refractivity contribution in [1.29, 1.82) is 0 Å². The molecule has 2 aromatic carbocycles. The lowest BCUT2D eigenvalue weighted by Crippen LogP contribution is -2.36. The molecule has 7 rings (SSSR count). The largest absolute Gasteiger partial charge is 0.478 e. The molecule has 4 aromatic heterocycles. The van der Waals surface area contributed by atoms with Crippen LogP contribution in [-0.2, 0) is 9.47 Å². The summed E-state index contributed by atoms with van der Waals surface area (Å²) in [5.41, 5.74) is 4.05. The predicted molar refractivity (Wildman–Crippen MR) is 196 cm³/mol. The number of likely N-dealkylation sites (tertiary alicyclic amines) is 1. The fourth-order valence-corrected chi connectivity index (χ4v) is 6.30. The Bertz CT molecular complexity index is 2310. The highest BCUT2D eigenvalue weighted by Crippen LogP contribution is 2.28. The van der Waals surface area contributed by atoms with Crippen LogP contribution in [0.1, 0.15) is 86.2 Å². The number of aromatic nitrogens is 6. The summed E-state index contributed by atoms with van der Waals surface area (Å²) in [6.45, 7) is 8.86. The van der Waals surface area contributed by atoms with E-state index in [-0.39, 0.29) is 36.1 Å². The first-order valence-electron chi connectivity index (χ1n) is 17.4. The highest BCUT2D eigenvalue weighted by atomic mass is 16.5. The lowest BCUT2D eigenvalue weighted by molar-refractivity contribution is 0.0510.